The van der Waals surface area contributed by atoms with E-state index < -0.39 is 15.8 Å². The van der Waals surface area contributed by atoms with Crippen LogP contribution < -0.4 is 0 Å². The summed E-state index contributed by atoms with van der Waals surface area (Å²) < 4.78 is 28.5. The van der Waals surface area contributed by atoms with Gasteiger partial charge in [0.1, 0.15) is 0 Å². The molecule has 0 unspecified atom stereocenters. The monoisotopic (exact) mass is 314 g/mol. The van der Waals surface area contributed by atoms with Crippen LogP contribution in [-0.2, 0) is 20.3 Å². The number of hydrogen-bond donors (Lipinski definition) is 0. The Hall–Kier alpha value is -2.58. The quantitative estimate of drug-likeness (QED) is 0.645. The average Bonchev–Trinajstić information content (AvgIpc) is 2.53. The third kappa shape index (κ3) is 4.47. The number of methoxy groups -OCH3 is 1. The smallest absolute Gasteiger partial charge is 0.337 e. The lowest BCUT2D eigenvalue weighted by Gasteiger charge is -1.98. The van der Waals surface area contributed by atoms with Gasteiger partial charge in [0, 0.05) is 10.8 Å². The minimum absolute atomic E-state index is 0.124. The maximum Gasteiger partial charge on any atom is 0.337 e. The second kappa shape index (κ2) is 6.92. The van der Waals surface area contributed by atoms with E-state index in [4.69, 9.17) is 0 Å². The summed E-state index contributed by atoms with van der Waals surface area (Å²) in [5.74, 6) is 2.03. The lowest BCUT2D eigenvalue weighted by molar-refractivity contribution is 0.0600. The Kier molecular flexibility index (Phi) is 4.97. The molecule has 22 heavy (non-hydrogen) atoms. The summed E-state index contributed by atoms with van der Waals surface area (Å²) in [6, 6.07) is 15.1. The molecule has 0 N–H and O–H groups in total. The first-order chi connectivity index (χ1) is 10.5. The van der Waals surface area contributed by atoms with Crippen LogP contribution >= 0.6 is 0 Å². The lowest BCUT2D eigenvalue weighted by Crippen LogP contribution is -2.01. The number of esters is 1. The Morgan fingerprint density at radius 1 is 1.05 bits per heavy atom. The highest BCUT2D eigenvalue weighted by Crippen LogP contribution is 2.07. The third-order valence-electron chi connectivity index (χ3n) is 2.86. The Morgan fingerprint density at radius 3 is 2.27 bits per heavy atom. The number of hydrogen-bond acceptors (Lipinski definition) is 4. The first-order valence-corrected chi connectivity index (χ1v) is 8.13. The molecule has 0 spiro atoms. The molecule has 0 fully saturated rings. The molecule has 0 bridgehead atoms. The van der Waals surface area contributed by atoms with E-state index in [1.165, 1.54) is 7.11 Å². The first-order valence-electron chi connectivity index (χ1n) is 6.48. The van der Waals surface area contributed by atoms with Gasteiger partial charge >= 0.3 is 5.97 Å². The van der Waals surface area contributed by atoms with E-state index in [2.05, 4.69) is 15.9 Å². The Morgan fingerprint density at radius 2 is 1.68 bits per heavy atom. The van der Waals surface area contributed by atoms with Gasteiger partial charge in [0.2, 0.25) is 9.84 Å². The van der Waals surface area contributed by atoms with Crippen molar-refractivity contribution in [1.29, 1.82) is 0 Å². The highest BCUT2D eigenvalue weighted by Gasteiger charge is 2.08. The molecule has 4 nitrogen and oxygen atoms in total. The van der Waals surface area contributed by atoms with Crippen LogP contribution in [0.3, 0.4) is 0 Å². The molecule has 0 aliphatic heterocycles. The fraction of sp³-hybridized carbons (Fsp3) is 0.118. The minimum atomic E-state index is -3.52. The van der Waals surface area contributed by atoms with Gasteiger partial charge in [-0.15, -0.1) is 0 Å². The summed E-state index contributed by atoms with van der Waals surface area (Å²) in [6.07, 6.45) is 0. The zero-order valence-corrected chi connectivity index (χ0v) is 12.8. The Bertz CT molecular complexity index is 810. The van der Waals surface area contributed by atoms with Crippen molar-refractivity contribution in [2.45, 2.75) is 5.75 Å². The molecule has 2 rings (SSSR count). The fourth-order valence-electron chi connectivity index (χ4n) is 1.77. The summed E-state index contributed by atoms with van der Waals surface area (Å²) in [5.41, 5.74) is 1.60. The molecule has 5 heteroatoms. The number of rotatable bonds is 3. The molecular formula is C17H14O4S. The van der Waals surface area contributed by atoms with Crippen molar-refractivity contribution >= 4 is 15.8 Å². The van der Waals surface area contributed by atoms with Crippen LogP contribution in [-0.4, -0.2) is 21.5 Å². The van der Waals surface area contributed by atoms with Crippen LogP contribution in [0.15, 0.2) is 54.6 Å². The van der Waals surface area contributed by atoms with E-state index in [-0.39, 0.29) is 5.75 Å². The Balaban J connectivity index is 2.13. The number of ether oxygens (including phenoxy) is 1. The van der Waals surface area contributed by atoms with E-state index in [1.807, 2.05) is 6.07 Å². The molecule has 0 atom stereocenters. The number of carbonyl (C=O) groups excluding carboxylic acids is 1. The van der Waals surface area contributed by atoms with Crippen molar-refractivity contribution in [2.75, 3.05) is 7.11 Å². The van der Waals surface area contributed by atoms with Crippen LogP contribution in [0.25, 0.3) is 0 Å². The molecule has 0 aliphatic rings. The number of benzene rings is 2. The van der Waals surface area contributed by atoms with E-state index >= 15 is 0 Å². The van der Waals surface area contributed by atoms with Gasteiger partial charge in [0.05, 0.1) is 18.4 Å². The molecule has 112 valence electrons. The summed E-state index contributed by atoms with van der Waals surface area (Å²) in [7, 11) is -2.22. The molecule has 0 aliphatic carbocycles. The van der Waals surface area contributed by atoms with Crippen molar-refractivity contribution in [1.82, 2.24) is 0 Å². The topological polar surface area (TPSA) is 60.4 Å². The van der Waals surface area contributed by atoms with Crippen LogP contribution in [0, 0.1) is 11.2 Å². The normalized spacial score (nSPS) is 10.4. The van der Waals surface area contributed by atoms with Gasteiger partial charge in [0.25, 0.3) is 0 Å². The molecule has 0 radical (unpaired) electrons. The van der Waals surface area contributed by atoms with Crippen LogP contribution in [0.1, 0.15) is 21.5 Å². The van der Waals surface area contributed by atoms with Gasteiger partial charge in [-0.3, -0.25) is 0 Å². The summed E-state index contributed by atoms with van der Waals surface area (Å²) in [6.45, 7) is 0. The van der Waals surface area contributed by atoms with Gasteiger partial charge in [0.15, 0.2) is 0 Å². The Labute approximate surface area is 129 Å². The van der Waals surface area contributed by atoms with Gasteiger partial charge in [-0.1, -0.05) is 36.3 Å². The fourth-order valence-corrected chi connectivity index (χ4v) is 2.75. The third-order valence-corrected chi connectivity index (χ3v) is 3.98. The average molecular weight is 314 g/mol. The van der Waals surface area contributed by atoms with Crippen molar-refractivity contribution in [3.8, 4) is 11.2 Å². The standard InChI is InChI=1S/C17H14O4S/c1-21-17(18)16-9-7-14(8-10-16)11-12-22(19,20)13-15-5-3-2-4-6-15/h2-10H,13H2,1H3. The molecule has 0 amide bonds. The van der Waals surface area contributed by atoms with Gasteiger partial charge in [-0.05, 0) is 29.8 Å². The maximum atomic E-state index is 11.9. The van der Waals surface area contributed by atoms with Crippen LogP contribution in [0.5, 0.6) is 0 Å². The number of carbonyl (C=O) groups is 1. The summed E-state index contributed by atoms with van der Waals surface area (Å²) in [5, 5.41) is 2.29. The minimum Gasteiger partial charge on any atom is -0.465 e. The van der Waals surface area contributed by atoms with Crippen LogP contribution in [0.2, 0.25) is 0 Å². The summed E-state index contributed by atoms with van der Waals surface area (Å²) >= 11 is 0. The SMILES string of the molecule is COC(=O)c1ccc(C#CS(=O)(=O)Cc2ccccc2)cc1. The van der Waals surface area contributed by atoms with Gasteiger partial charge in [-0.25, -0.2) is 13.2 Å². The largest absolute Gasteiger partial charge is 0.465 e. The van der Waals surface area contributed by atoms with Crippen molar-refractivity contribution in [3.63, 3.8) is 0 Å². The molecule has 2 aromatic carbocycles. The number of sulfone groups is 1. The predicted molar refractivity (Wildman–Crippen MR) is 83.7 cm³/mol. The van der Waals surface area contributed by atoms with E-state index in [9.17, 15) is 13.2 Å². The molecule has 0 heterocycles. The van der Waals surface area contributed by atoms with Crippen molar-refractivity contribution in [2.24, 2.45) is 0 Å². The van der Waals surface area contributed by atoms with Crippen LogP contribution in [0.4, 0.5) is 0 Å². The zero-order chi connectivity index (χ0) is 16.0. The molecule has 2 aromatic rings. The predicted octanol–water partition coefficient (Wildman–Crippen LogP) is 2.40. The first kappa shape index (κ1) is 15.8. The summed E-state index contributed by atoms with van der Waals surface area (Å²) in [4.78, 5) is 11.3. The van der Waals surface area contributed by atoms with Crippen molar-refractivity contribution < 1.29 is 17.9 Å². The van der Waals surface area contributed by atoms with E-state index in [1.54, 1.807) is 48.5 Å². The maximum absolute atomic E-state index is 11.9. The van der Waals surface area contributed by atoms with Crippen molar-refractivity contribution in [3.05, 3.63) is 71.3 Å². The molecule has 0 saturated carbocycles. The highest BCUT2D eigenvalue weighted by atomic mass is 32.2. The lowest BCUT2D eigenvalue weighted by atomic mass is 10.1. The van der Waals surface area contributed by atoms with E-state index in [0.717, 1.165) is 0 Å². The van der Waals surface area contributed by atoms with E-state index in [0.29, 0.717) is 16.7 Å². The second-order valence-corrected chi connectivity index (χ2v) is 6.26. The van der Waals surface area contributed by atoms with Gasteiger partial charge in [-0.2, -0.15) is 0 Å². The molecular weight excluding hydrogens is 300 g/mol. The molecule has 0 aromatic heterocycles. The second-order valence-electron chi connectivity index (χ2n) is 4.54. The molecule has 0 saturated heterocycles. The van der Waals surface area contributed by atoms with Gasteiger partial charge < -0.3 is 4.74 Å². The zero-order valence-electron chi connectivity index (χ0n) is 11.9. The highest BCUT2D eigenvalue weighted by molar-refractivity contribution is 7.95.